The number of amides is 1. The Morgan fingerprint density at radius 2 is 1.68 bits per heavy atom. The number of nitrogens with one attached hydrogen (secondary N) is 1. The molecular weight excluding hydrogens is 418 g/mol. The zero-order valence-electron chi connectivity index (χ0n) is 17.0. The molecule has 0 radical (unpaired) electrons. The Labute approximate surface area is 180 Å². The normalized spacial score (nSPS) is 11.3. The van der Waals surface area contributed by atoms with E-state index >= 15 is 0 Å². The van der Waals surface area contributed by atoms with Crippen molar-refractivity contribution in [2.75, 3.05) is 12.4 Å². The molecule has 3 rings (SSSR count). The first-order valence-corrected chi connectivity index (χ1v) is 10.8. The van der Waals surface area contributed by atoms with Gasteiger partial charge in [-0.3, -0.25) is 14.9 Å². The third-order valence-electron chi connectivity index (χ3n) is 4.73. The molecule has 0 aromatic heterocycles. The van der Waals surface area contributed by atoms with Gasteiger partial charge < -0.3 is 5.32 Å². The summed E-state index contributed by atoms with van der Waals surface area (Å²) in [5.74, 6) is -0.441. The lowest BCUT2D eigenvalue weighted by molar-refractivity contribution is -0.384. The highest BCUT2D eigenvalue weighted by Crippen LogP contribution is 2.21. The Balaban J connectivity index is 1.72. The van der Waals surface area contributed by atoms with Gasteiger partial charge in [-0.15, -0.1) is 0 Å². The molecule has 1 N–H and O–H groups in total. The van der Waals surface area contributed by atoms with Crippen LogP contribution in [-0.4, -0.2) is 30.6 Å². The minimum absolute atomic E-state index is 0.0942. The van der Waals surface area contributed by atoms with Crippen molar-refractivity contribution in [2.24, 2.45) is 0 Å². The molecule has 0 atom stereocenters. The summed E-state index contributed by atoms with van der Waals surface area (Å²) in [6, 6.07) is 19.1. The topological polar surface area (TPSA) is 110 Å². The van der Waals surface area contributed by atoms with Crippen LogP contribution in [0.2, 0.25) is 0 Å². The summed E-state index contributed by atoms with van der Waals surface area (Å²) >= 11 is 0. The van der Waals surface area contributed by atoms with E-state index in [1.807, 2.05) is 30.3 Å². The van der Waals surface area contributed by atoms with Crippen LogP contribution >= 0.6 is 0 Å². The maximum atomic E-state index is 12.8. The second kappa shape index (κ2) is 9.07. The highest BCUT2D eigenvalue weighted by atomic mass is 32.2. The molecule has 160 valence electrons. The van der Waals surface area contributed by atoms with Crippen molar-refractivity contribution < 1.29 is 18.1 Å². The van der Waals surface area contributed by atoms with Crippen LogP contribution in [0, 0.1) is 17.0 Å². The van der Waals surface area contributed by atoms with Crippen LogP contribution in [-0.2, 0) is 16.6 Å². The quantitative estimate of drug-likeness (QED) is 0.442. The summed E-state index contributed by atoms with van der Waals surface area (Å²) in [7, 11) is -2.19. The molecule has 0 bridgehead atoms. The molecule has 0 aliphatic rings. The average molecular weight is 439 g/mol. The molecule has 0 saturated carbocycles. The number of nitro benzene ring substituents is 1. The number of carbonyl (C=O) groups is 1. The van der Waals surface area contributed by atoms with Crippen LogP contribution < -0.4 is 5.32 Å². The fraction of sp³-hybridized carbons (Fsp3) is 0.136. The van der Waals surface area contributed by atoms with E-state index in [2.05, 4.69) is 5.32 Å². The van der Waals surface area contributed by atoms with Crippen molar-refractivity contribution in [3.05, 3.63) is 99.6 Å². The summed E-state index contributed by atoms with van der Waals surface area (Å²) in [5, 5.41) is 13.5. The molecule has 3 aromatic rings. The Bertz CT molecular complexity index is 1210. The summed E-state index contributed by atoms with van der Waals surface area (Å²) in [6.07, 6.45) is 0. The van der Waals surface area contributed by atoms with Gasteiger partial charge in [0, 0.05) is 37.0 Å². The minimum Gasteiger partial charge on any atom is -0.322 e. The number of non-ortho nitro benzene ring substituents is 1. The molecule has 0 heterocycles. The lowest BCUT2D eigenvalue weighted by atomic mass is 10.1. The second-order valence-corrected chi connectivity index (χ2v) is 9.03. The molecule has 0 aliphatic carbocycles. The van der Waals surface area contributed by atoms with E-state index in [-0.39, 0.29) is 17.1 Å². The zero-order chi connectivity index (χ0) is 22.6. The molecule has 31 heavy (non-hydrogen) atoms. The van der Waals surface area contributed by atoms with Gasteiger partial charge in [0.25, 0.3) is 11.6 Å². The predicted molar refractivity (Wildman–Crippen MR) is 117 cm³/mol. The van der Waals surface area contributed by atoms with Gasteiger partial charge >= 0.3 is 0 Å². The standard InChI is InChI=1S/C22H21N3O5S/c1-16-14-19(25(27)28)10-13-21(16)22(26)23-18-8-11-20(12-9-18)31(29,30)24(2)15-17-6-4-3-5-7-17/h3-14H,15H2,1-2H3,(H,23,26). The number of hydrogen-bond donors (Lipinski definition) is 1. The zero-order valence-corrected chi connectivity index (χ0v) is 17.8. The first-order chi connectivity index (χ1) is 14.7. The van der Waals surface area contributed by atoms with Gasteiger partial charge in [-0.1, -0.05) is 30.3 Å². The third-order valence-corrected chi connectivity index (χ3v) is 6.55. The van der Waals surface area contributed by atoms with Crippen LogP contribution in [0.15, 0.2) is 77.7 Å². The number of benzene rings is 3. The van der Waals surface area contributed by atoms with E-state index in [0.717, 1.165) is 5.56 Å². The highest BCUT2D eigenvalue weighted by Gasteiger charge is 2.21. The predicted octanol–water partition coefficient (Wildman–Crippen LogP) is 3.98. The lowest BCUT2D eigenvalue weighted by Gasteiger charge is -2.17. The maximum Gasteiger partial charge on any atom is 0.269 e. The van der Waals surface area contributed by atoms with E-state index in [9.17, 15) is 23.3 Å². The molecule has 0 aliphatic heterocycles. The molecule has 8 nitrogen and oxygen atoms in total. The van der Waals surface area contributed by atoms with Gasteiger partial charge in [0.2, 0.25) is 10.0 Å². The van der Waals surface area contributed by atoms with Crippen LogP contribution in [0.25, 0.3) is 0 Å². The van der Waals surface area contributed by atoms with E-state index in [1.54, 1.807) is 6.92 Å². The molecule has 0 unspecified atom stereocenters. The number of carbonyl (C=O) groups excluding carboxylic acids is 1. The molecule has 9 heteroatoms. The van der Waals surface area contributed by atoms with E-state index in [1.165, 1.54) is 53.8 Å². The SMILES string of the molecule is Cc1cc([N+](=O)[O-])ccc1C(=O)Nc1ccc(S(=O)(=O)N(C)Cc2ccccc2)cc1. The largest absolute Gasteiger partial charge is 0.322 e. The fourth-order valence-electron chi connectivity index (χ4n) is 3.03. The number of hydrogen-bond acceptors (Lipinski definition) is 5. The molecule has 3 aromatic carbocycles. The Kier molecular flexibility index (Phi) is 6.47. The van der Waals surface area contributed by atoms with Crippen molar-refractivity contribution in [1.29, 1.82) is 0 Å². The molecule has 0 fully saturated rings. The van der Waals surface area contributed by atoms with Crippen LogP contribution in [0.3, 0.4) is 0 Å². The van der Waals surface area contributed by atoms with E-state index < -0.39 is 20.9 Å². The van der Waals surface area contributed by atoms with E-state index in [0.29, 0.717) is 16.8 Å². The molecule has 0 saturated heterocycles. The Morgan fingerprint density at radius 1 is 1.03 bits per heavy atom. The summed E-state index contributed by atoms with van der Waals surface area (Å²) < 4.78 is 26.9. The minimum atomic E-state index is -3.70. The summed E-state index contributed by atoms with van der Waals surface area (Å²) in [6.45, 7) is 1.85. The van der Waals surface area contributed by atoms with Crippen LogP contribution in [0.1, 0.15) is 21.5 Å². The van der Waals surface area contributed by atoms with Gasteiger partial charge in [-0.2, -0.15) is 4.31 Å². The van der Waals surface area contributed by atoms with Gasteiger partial charge in [-0.25, -0.2) is 8.42 Å². The summed E-state index contributed by atoms with van der Waals surface area (Å²) in [5.41, 5.74) is 1.95. The van der Waals surface area contributed by atoms with Crippen LogP contribution in [0.4, 0.5) is 11.4 Å². The highest BCUT2D eigenvalue weighted by molar-refractivity contribution is 7.89. The van der Waals surface area contributed by atoms with Crippen molar-refractivity contribution >= 4 is 27.3 Å². The van der Waals surface area contributed by atoms with Crippen molar-refractivity contribution in [3.8, 4) is 0 Å². The first-order valence-electron chi connectivity index (χ1n) is 9.35. The lowest BCUT2D eigenvalue weighted by Crippen LogP contribution is -2.26. The number of aryl methyl sites for hydroxylation is 1. The fourth-order valence-corrected chi connectivity index (χ4v) is 4.19. The number of rotatable bonds is 7. The van der Waals surface area contributed by atoms with E-state index in [4.69, 9.17) is 0 Å². The van der Waals surface area contributed by atoms with Gasteiger partial charge in [0.1, 0.15) is 0 Å². The van der Waals surface area contributed by atoms with Crippen molar-refractivity contribution in [3.63, 3.8) is 0 Å². The Hall–Kier alpha value is -3.56. The van der Waals surface area contributed by atoms with Gasteiger partial charge in [0.05, 0.1) is 9.82 Å². The van der Waals surface area contributed by atoms with Gasteiger partial charge in [0.15, 0.2) is 0 Å². The molecule has 1 amide bonds. The number of nitrogens with zero attached hydrogens (tertiary/aromatic N) is 2. The summed E-state index contributed by atoms with van der Waals surface area (Å²) in [4.78, 5) is 22.9. The monoisotopic (exact) mass is 439 g/mol. The Morgan fingerprint density at radius 3 is 2.26 bits per heavy atom. The molecular formula is C22H21N3O5S. The second-order valence-electron chi connectivity index (χ2n) is 6.98. The van der Waals surface area contributed by atoms with Crippen LogP contribution in [0.5, 0.6) is 0 Å². The van der Waals surface area contributed by atoms with Crippen molar-refractivity contribution in [2.45, 2.75) is 18.4 Å². The average Bonchev–Trinajstić information content (AvgIpc) is 2.74. The number of sulfonamides is 1. The third kappa shape index (κ3) is 5.14. The first kappa shape index (κ1) is 22.1. The van der Waals surface area contributed by atoms with Gasteiger partial charge in [-0.05, 0) is 48.4 Å². The number of nitro groups is 1. The maximum absolute atomic E-state index is 12.8. The smallest absolute Gasteiger partial charge is 0.269 e. The van der Waals surface area contributed by atoms with Crippen molar-refractivity contribution in [1.82, 2.24) is 4.31 Å². The number of anilines is 1. The molecule has 0 spiro atoms.